The molecule has 1 N–H and O–H groups in total. The highest BCUT2D eigenvalue weighted by Crippen LogP contribution is 2.40. The summed E-state index contributed by atoms with van der Waals surface area (Å²) in [5.74, 6) is -0.685. The van der Waals surface area contributed by atoms with Crippen LogP contribution in [0.3, 0.4) is 0 Å². The van der Waals surface area contributed by atoms with Crippen molar-refractivity contribution in [1.29, 1.82) is 0 Å². The summed E-state index contributed by atoms with van der Waals surface area (Å²) < 4.78 is 45.4. The summed E-state index contributed by atoms with van der Waals surface area (Å²) in [6, 6.07) is 1.02. The van der Waals surface area contributed by atoms with Gasteiger partial charge in [0.15, 0.2) is 0 Å². The third-order valence-corrected chi connectivity index (χ3v) is 5.56. The second-order valence-corrected chi connectivity index (χ2v) is 7.16. The summed E-state index contributed by atoms with van der Waals surface area (Å²) in [4.78, 5) is 31.4. The van der Waals surface area contributed by atoms with Gasteiger partial charge in [-0.1, -0.05) is 0 Å². The first-order valence-corrected chi connectivity index (χ1v) is 9.38. The van der Waals surface area contributed by atoms with Gasteiger partial charge in [0, 0.05) is 38.6 Å². The molecule has 0 radical (unpaired) electrons. The van der Waals surface area contributed by atoms with Crippen molar-refractivity contribution < 1.29 is 27.5 Å². The van der Waals surface area contributed by atoms with E-state index in [0.717, 1.165) is 17.4 Å². The Labute approximate surface area is 163 Å². The van der Waals surface area contributed by atoms with Crippen LogP contribution in [0, 0.1) is 0 Å². The van der Waals surface area contributed by atoms with Gasteiger partial charge < -0.3 is 15.0 Å². The van der Waals surface area contributed by atoms with Gasteiger partial charge in [-0.3, -0.25) is 9.69 Å². The molecule has 11 heteroatoms. The molecule has 0 bridgehead atoms. The fourth-order valence-electron chi connectivity index (χ4n) is 3.04. The molecule has 0 aromatic carbocycles. The largest absolute Gasteiger partial charge is 0.465 e. The first-order chi connectivity index (χ1) is 13.2. The number of hydrogen-bond donors (Lipinski definition) is 1. The molecule has 2 aromatic heterocycles. The van der Waals surface area contributed by atoms with E-state index in [1.54, 1.807) is 11.9 Å². The molecule has 2 aromatic rings. The monoisotopic (exact) mass is 416 g/mol. The number of aromatic nitrogens is 1. The first kappa shape index (κ1) is 20.3. The molecule has 0 unspecified atom stereocenters. The smallest absolute Gasteiger partial charge is 0.417 e. The molecule has 28 heavy (non-hydrogen) atoms. The van der Waals surface area contributed by atoms with Crippen molar-refractivity contribution in [2.24, 2.45) is 0 Å². The summed E-state index contributed by atoms with van der Waals surface area (Å²) >= 11 is 0.822. The second-order valence-electron chi connectivity index (χ2n) is 6.28. The van der Waals surface area contributed by atoms with E-state index in [4.69, 9.17) is 0 Å². The zero-order valence-corrected chi connectivity index (χ0v) is 16.1. The second kappa shape index (κ2) is 7.92. The highest BCUT2D eigenvalue weighted by Gasteiger charge is 2.36. The minimum Gasteiger partial charge on any atom is -0.465 e. The maximum atomic E-state index is 13.6. The molecular formula is C17H19F3N4O3S. The number of pyridine rings is 1. The lowest BCUT2D eigenvalue weighted by Crippen LogP contribution is -2.49. The Kier molecular flexibility index (Phi) is 5.75. The van der Waals surface area contributed by atoms with E-state index >= 15 is 0 Å². The highest BCUT2D eigenvalue weighted by molar-refractivity contribution is 7.17. The highest BCUT2D eigenvalue weighted by atomic mass is 32.1. The Bertz CT molecular complexity index is 892. The van der Waals surface area contributed by atoms with Crippen molar-refractivity contribution >= 4 is 39.2 Å². The van der Waals surface area contributed by atoms with Gasteiger partial charge in [0.05, 0.1) is 35.0 Å². The van der Waals surface area contributed by atoms with Crippen molar-refractivity contribution in [3.63, 3.8) is 0 Å². The number of methoxy groups -OCH3 is 1. The molecule has 1 amide bonds. The van der Waals surface area contributed by atoms with Crippen LogP contribution in [0.2, 0.25) is 0 Å². The SMILES string of the molecule is CNC(=O)CN1CCN(c2cc(C(F)(F)F)c3scc(C(=O)OC)c3n2)CC1. The number of rotatable bonds is 4. The summed E-state index contributed by atoms with van der Waals surface area (Å²) in [5, 5.41) is 3.88. The lowest BCUT2D eigenvalue weighted by Gasteiger charge is -2.35. The van der Waals surface area contributed by atoms with Gasteiger partial charge in [0.1, 0.15) is 5.82 Å². The van der Waals surface area contributed by atoms with Crippen LogP contribution in [-0.2, 0) is 15.7 Å². The molecule has 7 nitrogen and oxygen atoms in total. The number of esters is 1. The van der Waals surface area contributed by atoms with Crippen molar-refractivity contribution in [3.8, 4) is 0 Å². The molecule has 152 valence electrons. The minimum atomic E-state index is -4.57. The van der Waals surface area contributed by atoms with Crippen molar-refractivity contribution in [2.45, 2.75) is 6.18 Å². The van der Waals surface area contributed by atoms with E-state index in [1.165, 1.54) is 12.5 Å². The summed E-state index contributed by atoms with van der Waals surface area (Å²) in [6.07, 6.45) is -4.57. The standard InChI is InChI=1S/C17H19F3N4O3S/c1-21-13(25)8-23-3-5-24(6-4-23)12-7-11(17(18,19)20)15-14(22-12)10(9-28-15)16(26)27-2/h7,9H,3-6,8H2,1-2H3,(H,21,25). The normalized spacial score (nSPS) is 15.7. The van der Waals surface area contributed by atoms with Crippen LogP contribution in [0.25, 0.3) is 10.2 Å². The number of anilines is 1. The quantitative estimate of drug-likeness (QED) is 0.769. The van der Waals surface area contributed by atoms with Crippen LogP contribution in [-0.4, -0.2) is 68.6 Å². The number of fused-ring (bicyclic) bond motifs is 1. The lowest BCUT2D eigenvalue weighted by atomic mass is 10.1. The van der Waals surface area contributed by atoms with Gasteiger partial charge in [0.2, 0.25) is 5.91 Å². The molecule has 1 aliphatic rings. The Morgan fingerprint density at radius 1 is 1.29 bits per heavy atom. The number of nitrogens with one attached hydrogen (secondary N) is 1. The number of thiophene rings is 1. The number of hydrogen-bond acceptors (Lipinski definition) is 7. The average molecular weight is 416 g/mol. The maximum Gasteiger partial charge on any atom is 0.417 e. The fourth-order valence-corrected chi connectivity index (χ4v) is 4.05. The zero-order valence-electron chi connectivity index (χ0n) is 15.3. The van der Waals surface area contributed by atoms with E-state index in [0.29, 0.717) is 26.2 Å². The summed E-state index contributed by atoms with van der Waals surface area (Å²) in [7, 11) is 2.72. The van der Waals surface area contributed by atoms with Gasteiger partial charge in [-0.15, -0.1) is 11.3 Å². The maximum absolute atomic E-state index is 13.6. The fraction of sp³-hybridized carbons (Fsp3) is 0.471. The van der Waals surface area contributed by atoms with Gasteiger partial charge in [0.25, 0.3) is 0 Å². The number of alkyl halides is 3. The van der Waals surface area contributed by atoms with Gasteiger partial charge in [-0.05, 0) is 6.07 Å². The Morgan fingerprint density at radius 2 is 1.96 bits per heavy atom. The molecule has 0 spiro atoms. The van der Waals surface area contributed by atoms with Crippen LogP contribution < -0.4 is 10.2 Å². The predicted octanol–water partition coefficient (Wildman–Crippen LogP) is 1.97. The number of halogens is 3. The van der Waals surface area contributed by atoms with Crippen LogP contribution in [0.1, 0.15) is 15.9 Å². The van der Waals surface area contributed by atoms with E-state index in [2.05, 4.69) is 15.0 Å². The first-order valence-electron chi connectivity index (χ1n) is 8.50. The third-order valence-electron chi connectivity index (χ3n) is 4.56. The van der Waals surface area contributed by atoms with Crippen LogP contribution in [0.4, 0.5) is 19.0 Å². The molecule has 1 aliphatic heterocycles. The zero-order chi connectivity index (χ0) is 20.5. The topological polar surface area (TPSA) is 74.8 Å². The van der Waals surface area contributed by atoms with Crippen LogP contribution in [0.5, 0.6) is 0 Å². The van der Waals surface area contributed by atoms with E-state index in [9.17, 15) is 22.8 Å². The van der Waals surface area contributed by atoms with Crippen molar-refractivity contribution in [3.05, 3.63) is 22.6 Å². The van der Waals surface area contributed by atoms with Gasteiger partial charge in [-0.2, -0.15) is 13.2 Å². The Hall–Kier alpha value is -2.40. The molecule has 0 saturated carbocycles. The third kappa shape index (κ3) is 4.04. The Morgan fingerprint density at radius 3 is 2.54 bits per heavy atom. The predicted molar refractivity (Wildman–Crippen MR) is 98.7 cm³/mol. The summed E-state index contributed by atoms with van der Waals surface area (Å²) in [5.41, 5.74) is -0.803. The number of carbonyl (C=O) groups excluding carboxylic acids is 2. The van der Waals surface area contributed by atoms with Crippen molar-refractivity contribution in [1.82, 2.24) is 15.2 Å². The van der Waals surface area contributed by atoms with Gasteiger partial charge in [-0.25, -0.2) is 9.78 Å². The van der Waals surface area contributed by atoms with Gasteiger partial charge >= 0.3 is 12.1 Å². The molecule has 0 atom stereocenters. The van der Waals surface area contributed by atoms with E-state index < -0.39 is 17.7 Å². The lowest BCUT2D eigenvalue weighted by molar-refractivity contribution is -0.136. The number of ether oxygens (including phenoxy) is 1. The van der Waals surface area contributed by atoms with Crippen molar-refractivity contribution in [2.75, 3.05) is 51.8 Å². The number of piperazine rings is 1. The molecular weight excluding hydrogens is 397 g/mol. The number of nitrogens with zero attached hydrogens (tertiary/aromatic N) is 3. The molecule has 1 saturated heterocycles. The number of likely N-dealkylation sites (N-methyl/N-ethyl adjacent to an activating group) is 1. The molecule has 0 aliphatic carbocycles. The van der Waals surface area contributed by atoms with E-state index in [1.807, 2.05) is 4.90 Å². The number of amides is 1. The number of carbonyl (C=O) groups is 2. The van der Waals surface area contributed by atoms with E-state index in [-0.39, 0.29) is 34.0 Å². The Balaban J connectivity index is 1.93. The molecule has 3 heterocycles. The summed E-state index contributed by atoms with van der Waals surface area (Å²) in [6.45, 7) is 2.11. The van der Waals surface area contributed by atoms with Crippen LogP contribution >= 0.6 is 11.3 Å². The average Bonchev–Trinajstić information content (AvgIpc) is 3.10. The molecule has 1 fully saturated rings. The van der Waals surface area contributed by atoms with Crippen LogP contribution in [0.15, 0.2) is 11.4 Å². The molecule has 3 rings (SSSR count). The minimum absolute atomic E-state index is 0.00512.